The van der Waals surface area contributed by atoms with Gasteiger partial charge in [-0.25, -0.2) is 9.37 Å². The Morgan fingerprint density at radius 3 is 2.68 bits per heavy atom. The maximum Gasteiger partial charge on any atom is 0.301 e. The van der Waals surface area contributed by atoms with E-state index in [9.17, 15) is 19.1 Å². The van der Waals surface area contributed by atoms with E-state index in [0.717, 1.165) is 16.2 Å². The Kier molecular flexibility index (Phi) is 5.55. The standard InChI is InChI=1S/C25H16ClFN2O4S/c1-33-15-6-4-5-13(11-15)22(30)20-21(16-7-2-3-8-17(16)27)29(24(32)23(20)31)25-28-18-10-9-14(26)12-19(18)34-25/h2-12,21,30H,1H3. The highest BCUT2D eigenvalue weighted by Gasteiger charge is 2.49. The van der Waals surface area contributed by atoms with Gasteiger partial charge in [-0.05, 0) is 36.4 Å². The first-order valence-corrected chi connectivity index (χ1v) is 11.3. The van der Waals surface area contributed by atoms with Crippen molar-refractivity contribution in [1.82, 2.24) is 4.98 Å². The number of carbonyl (C=O) groups is 2. The number of carbonyl (C=O) groups excluding carboxylic acids is 2. The zero-order chi connectivity index (χ0) is 24.0. The summed E-state index contributed by atoms with van der Waals surface area (Å²) in [7, 11) is 1.47. The number of thiazole rings is 1. The Hall–Kier alpha value is -3.75. The fourth-order valence-electron chi connectivity index (χ4n) is 3.94. The van der Waals surface area contributed by atoms with E-state index in [2.05, 4.69) is 4.98 Å². The number of halogens is 2. The van der Waals surface area contributed by atoms with Crippen LogP contribution in [0.4, 0.5) is 9.52 Å². The summed E-state index contributed by atoms with van der Waals surface area (Å²) in [6, 6.07) is 16.1. The van der Waals surface area contributed by atoms with Gasteiger partial charge in [0, 0.05) is 16.1 Å². The topological polar surface area (TPSA) is 79.7 Å². The van der Waals surface area contributed by atoms with E-state index in [0.29, 0.717) is 21.0 Å². The molecule has 1 fully saturated rings. The molecular formula is C25H16ClFN2O4S. The molecule has 0 radical (unpaired) electrons. The first-order valence-electron chi connectivity index (χ1n) is 10.1. The molecule has 1 aliphatic rings. The molecule has 34 heavy (non-hydrogen) atoms. The molecule has 1 aromatic heterocycles. The first-order chi connectivity index (χ1) is 16.4. The van der Waals surface area contributed by atoms with Crippen molar-refractivity contribution >= 4 is 55.7 Å². The fraction of sp³-hybridized carbons (Fsp3) is 0.0800. The third kappa shape index (κ3) is 3.61. The van der Waals surface area contributed by atoms with Crippen molar-refractivity contribution in [2.24, 2.45) is 0 Å². The molecule has 1 saturated heterocycles. The fourth-order valence-corrected chi connectivity index (χ4v) is 5.20. The van der Waals surface area contributed by atoms with Gasteiger partial charge in [-0.15, -0.1) is 0 Å². The van der Waals surface area contributed by atoms with Crippen LogP contribution in [0.25, 0.3) is 16.0 Å². The maximum atomic E-state index is 15.0. The molecule has 6 nitrogen and oxygen atoms in total. The van der Waals surface area contributed by atoms with E-state index in [1.807, 2.05) is 0 Å². The van der Waals surface area contributed by atoms with E-state index in [-0.39, 0.29) is 21.8 Å². The highest BCUT2D eigenvalue weighted by atomic mass is 35.5. The second kappa shape index (κ2) is 8.55. The second-order valence-corrected chi connectivity index (χ2v) is 8.98. The average Bonchev–Trinajstić information content (AvgIpc) is 3.36. The average molecular weight is 495 g/mol. The zero-order valence-electron chi connectivity index (χ0n) is 17.7. The Bertz CT molecular complexity index is 1500. The summed E-state index contributed by atoms with van der Waals surface area (Å²) < 4.78 is 20.9. The Balaban J connectivity index is 1.75. The molecule has 4 aromatic rings. The van der Waals surface area contributed by atoms with Crippen LogP contribution in [0.5, 0.6) is 5.75 Å². The number of methoxy groups -OCH3 is 1. The number of hydrogen-bond donors (Lipinski definition) is 1. The number of amides is 1. The predicted molar refractivity (Wildman–Crippen MR) is 129 cm³/mol. The number of nitrogens with zero attached hydrogens (tertiary/aromatic N) is 2. The Labute approximate surface area is 202 Å². The van der Waals surface area contributed by atoms with Gasteiger partial charge in [0.25, 0.3) is 5.78 Å². The van der Waals surface area contributed by atoms with Crippen LogP contribution < -0.4 is 9.64 Å². The number of rotatable bonds is 4. The molecular weight excluding hydrogens is 479 g/mol. The van der Waals surface area contributed by atoms with Crippen molar-refractivity contribution in [2.45, 2.75) is 6.04 Å². The number of benzene rings is 3. The van der Waals surface area contributed by atoms with Crippen LogP contribution in [0.3, 0.4) is 0 Å². The van der Waals surface area contributed by atoms with Crippen LogP contribution >= 0.6 is 22.9 Å². The number of hydrogen-bond acceptors (Lipinski definition) is 6. The number of aromatic nitrogens is 1. The maximum absolute atomic E-state index is 15.0. The van der Waals surface area contributed by atoms with Gasteiger partial charge < -0.3 is 9.84 Å². The molecule has 170 valence electrons. The van der Waals surface area contributed by atoms with Crippen molar-refractivity contribution < 1.29 is 23.8 Å². The van der Waals surface area contributed by atoms with Gasteiger partial charge >= 0.3 is 5.91 Å². The third-order valence-electron chi connectivity index (χ3n) is 5.53. The van der Waals surface area contributed by atoms with Gasteiger partial charge in [-0.1, -0.05) is 53.3 Å². The lowest BCUT2D eigenvalue weighted by Gasteiger charge is -2.23. The van der Waals surface area contributed by atoms with E-state index < -0.39 is 29.3 Å². The molecule has 0 spiro atoms. The van der Waals surface area contributed by atoms with Crippen LogP contribution in [-0.2, 0) is 9.59 Å². The van der Waals surface area contributed by atoms with E-state index >= 15 is 0 Å². The SMILES string of the molecule is COc1cccc(C(O)=C2C(=O)C(=O)N(c3nc4ccc(Cl)cc4s3)C2c2ccccc2F)c1. The third-order valence-corrected chi connectivity index (χ3v) is 6.79. The normalized spacial score (nSPS) is 17.5. The summed E-state index contributed by atoms with van der Waals surface area (Å²) in [6.45, 7) is 0. The van der Waals surface area contributed by atoms with Crippen LogP contribution in [0.1, 0.15) is 17.2 Å². The number of ketones is 1. The molecule has 0 aliphatic carbocycles. The summed E-state index contributed by atoms with van der Waals surface area (Å²) in [5, 5.41) is 11.8. The lowest BCUT2D eigenvalue weighted by atomic mass is 9.95. The Morgan fingerprint density at radius 1 is 1.12 bits per heavy atom. The molecule has 2 heterocycles. The van der Waals surface area contributed by atoms with Crippen molar-refractivity contribution in [2.75, 3.05) is 12.0 Å². The number of Topliss-reactive ketones (excluding diaryl/α,β-unsaturated/α-hetero) is 1. The Morgan fingerprint density at radius 2 is 1.91 bits per heavy atom. The highest BCUT2D eigenvalue weighted by Crippen LogP contribution is 2.45. The smallest absolute Gasteiger partial charge is 0.301 e. The molecule has 1 atom stereocenters. The van der Waals surface area contributed by atoms with Gasteiger partial charge in [-0.3, -0.25) is 14.5 Å². The zero-order valence-corrected chi connectivity index (χ0v) is 19.2. The summed E-state index contributed by atoms with van der Waals surface area (Å²) in [6.07, 6.45) is 0. The van der Waals surface area contributed by atoms with E-state index in [1.54, 1.807) is 42.5 Å². The van der Waals surface area contributed by atoms with E-state index in [4.69, 9.17) is 16.3 Å². The largest absolute Gasteiger partial charge is 0.507 e. The molecule has 1 aliphatic heterocycles. The minimum Gasteiger partial charge on any atom is -0.507 e. The number of aliphatic hydroxyl groups is 1. The summed E-state index contributed by atoms with van der Waals surface area (Å²) in [4.78, 5) is 32.1. The molecule has 0 saturated carbocycles. The number of aliphatic hydroxyl groups excluding tert-OH is 1. The summed E-state index contributed by atoms with van der Waals surface area (Å²) in [5.74, 6) is -2.46. The summed E-state index contributed by atoms with van der Waals surface area (Å²) >= 11 is 7.23. The van der Waals surface area contributed by atoms with Gasteiger partial charge in [0.05, 0.1) is 22.9 Å². The molecule has 0 bridgehead atoms. The predicted octanol–water partition coefficient (Wildman–Crippen LogP) is 5.72. The molecule has 1 unspecified atom stereocenters. The quantitative estimate of drug-likeness (QED) is 0.223. The van der Waals surface area contributed by atoms with Crippen molar-refractivity contribution in [3.8, 4) is 5.75 Å². The van der Waals surface area contributed by atoms with Crippen molar-refractivity contribution in [3.63, 3.8) is 0 Å². The number of ether oxygens (including phenoxy) is 1. The molecule has 3 aromatic carbocycles. The van der Waals surface area contributed by atoms with Crippen LogP contribution in [0.15, 0.2) is 72.3 Å². The number of anilines is 1. The van der Waals surface area contributed by atoms with Crippen LogP contribution in [-0.4, -0.2) is 28.9 Å². The van der Waals surface area contributed by atoms with E-state index in [1.165, 1.54) is 31.4 Å². The molecule has 1 amide bonds. The van der Waals surface area contributed by atoms with Crippen LogP contribution in [0.2, 0.25) is 5.02 Å². The van der Waals surface area contributed by atoms with Crippen molar-refractivity contribution in [1.29, 1.82) is 0 Å². The second-order valence-electron chi connectivity index (χ2n) is 7.53. The van der Waals surface area contributed by atoms with Gasteiger partial charge in [0.15, 0.2) is 5.13 Å². The van der Waals surface area contributed by atoms with Gasteiger partial charge in [0.1, 0.15) is 23.4 Å². The first kappa shape index (κ1) is 22.1. The van der Waals surface area contributed by atoms with Gasteiger partial charge in [0.2, 0.25) is 0 Å². The molecule has 1 N–H and O–H groups in total. The molecule has 9 heteroatoms. The van der Waals surface area contributed by atoms with Crippen LogP contribution in [0, 0.1) is 5.82 Å². The lowest BCUT2D eigenvalue weighted by Crippen LogP contribution is -2.29. The van der Waals surface area contributed by atoms with Crippen molar-refractivity contribution in [3.05, 3.63) is 94.3 Å². The highest BCUT2D eigenvalue weighted by molar-refractivity contribution is 7.22. The molecule has 5 rings (SSSR count). The summed E-state index contributed by atoms with van der Waals surface area (Å²) in [5.41, 5.74) is 0.658. The lowest BCUT2D eigenvalue weighted by molar-refractivity contribution is -0.132. The minimum atomic E-state index is -1.22. The van der Waals surface area contributed by atoms with Gasteiger partial charge in [-0.2, -0.15) is 0 Å². The minimum absolute atomic E-state index is 0.0587. The monoisotopic (exact) mass is 494 g/mol. The number of fused-ring (bicyclic) bond motifs is 1.